The lowest BCUT2D eigenvalue weighted by Gasteiger charge is -2.31. The van der Waals surface area contributed by atoms with Crippen LogP contribution in [0.15, 0.2) is 29.2 Å². The number of phenolic OH excluding ortho intramolecular Hbond substituents is 1. The van der Waals surface area contributed by atoms with Gasteiger partial charge in [-0.1, -0.05) is 0 Å². The van der Waals surface area contributed by atoms with Crippen molar-refractivity contribution in [2.24, 2.45) is 5.92 Å². The van der Waals surface area contributed by atoms with Crippen molar-refractivity contribution in [2.75, 3.05) is 19.7 Å². The number of aliphatic hydroxyl groups excluding tert-OH is 1. The van der Waals surface area contributed by atoms with E-state index in [1.807, 2.05) is 0 Å². The van der Waals surface area contributed by atoms with Gasteiger partial charge in [-0.3, -0.25) is 0 Å². The highest BCUT2D eigenvalue weighted by molar-refractivity contribution is 7.89. The summed E-state index contributed by atoms with van der Waals surface area (Å²) in [5, 5.41) is 18.2. The molecule has 1 fully saturated rings. The van der Waals surface area contributed by atoms with Crippen LogP contribution in [0, 0.1) is 5.92 Å². The van der Waals surface area contributed by atoms with Gasteiger partial charge in [0.15, 0.2) is 0 Å². The van der Waals surface area contributed by atoms with Crippen molar-refractivity contribution >= 4 is 10.0 Å². The molecule has 0 aromatic heterocycles. The van der Waals surface area contributed by atoms with Crippen LogP contribution < -0.4 is 0 Å². The highest BCUT2D eigenvalue weighted by Crippen LogP contribution is 2.26. The normalized spacial score (nSPS) is 21.4. The summed E-state index contributed by atoms with van der Waals surface area (Å²) in [5.74, 6) is 0.279. The molecule has 0 amide bonds. The molecule has 1 aromatic carbocycles. The van der Waals surface area contributed by atoms with Crippen molar-refractivity contribution in [3.8, 4) is 5.75 Å². The number of rotatable bonds is 4. The molecule has 6 heteroatoms. The molecule has 2 N–H and O–H groups in total. The van der Waals surface area contributed by atoms with Crippen molar-refractivity contribution < 1.29 is 18.6 Å². The monoisotopic (exact) mass is 285 g/mol. The Morgan fingerprint density at radius 1 is 1.26 bits per heavy atom. The molecule has 1 heterocycles. The second-order valence-electron chi connectivity index (χ2n) is 4.88. The van der Waals surface area contributed by atoms with E-state index in [2.05, 4.69) is 0 Å². The third kappa shape index (κ3) is 3.26. The lowest BCUT2D eigenvalue weighted by molar-refractivity contribution is 0.203. The Labute approximate surface area is 113 Å². The maximum atomic E-state index is 12.4. The zero-order valence-corrected chi connectivity index (χ0v) is 11.5. The van der Waals surface area contributed by atoms with Gasteiger partial charge in [0.25, 0.3) is 0 Å². The van der Waals surface area contributed by atoms with E-state index in [4.69, 9.17) is 5.11 Å². The molecule has 106 valence electrons. The summed E-state index contributed by atoms with van der Waals surface area (Å²) in [7, 11) is -3.49. The van der Waals surface area contributed by atoms with Gasteiger partial charge in [0, 0.05) is 19.7 Å². The van der Waals surface area contributed by atoms with Gasteiger partial charge in [-0.25, -0.2) is 8.42 Å². The van der Waals surface area contributed by atoms with E-state index in [1.165, 1.54) is 28.6 Å². The fourth-order valence-corrected chi connectivity index (χ4v) is 3.99. The van der Waals surface area contributed by atoms with Crippen LogP contribution in [-0.4, -0.2) is 42.6 Å². The molecular formula is C13H19NO4S. The van der Waals surface area contributed by atoms with Crippen LogP contribution >= 0.6 is 0 Å². The van der Waals surface area contributed by atoms with Gasteiger partial charge >= 0.3 is 0 Å². The highest BCUT2D eigenvalue weighted by atomic mass is 32.2. The number of aliphatic hydroxyl groups is 1. The summed E-state index contributed by atoms with van der Waals surface area (Å²) in [4.78, 5) is 0.204. The Hall–Kier alpha value is -1.11. The largest absolute Gasteiger partial charge is 0.508 e. The van der Waals surface area contributed by atoms with Gasteiger partial charge in [-0.05, 0) is 49.4 Å². The zero-order chi connectivity index (χ0) is 13.9. The molecule has 0 aliphatic carbocycles. The summed E-state index contributed by atoms with van der Waals surface area (Å²) in [6.45, 7) is 1.08. The van der Waals surface area contributed by atoms with Crippen LogP contribution in [0.4, 0.5) is 0 Å². The number of phenols is 1. The first-order valence-corrected chi connectivity index (χ1v) is 7.88. The molecule has 0 radical (unpaired) electrons. The summed E-state index contributed by atoms with van der Waals surface area (Å²) in [5.41, 5.74) is 0. The van der Waals surface area contributed by atoms with Gasteiger partial charge in [-0.15, -0.1) is 0 Å². The Morgan fingerprint density at radius 3 is 2.58 bits per heavy atom. The van der Waals surface area contributed by atoms with Crippen LogP contribution in [0.2, 0.25) is 0 Å². The minimum atomic E-state index is -3.49. The number of hydrogen-bond donors (Lipinski definition) is 2. The second kappa shape index (κ2) is 5.90. The molecule has 2 rings (SSSR count). The van der Waals surface area contributed by atoms with Crippen LogP contribution in [0.25, 0.3) is 0 Å². The molecule has 1 aliphatic rings. The SMILES string of the molecule is O=S(=O)(c1ccc(O)cc1)N1CCCC(CCO)C1. The first-order chi connectivity index (χ1) is 9.04. The zero-order valence-electron chi connectivity index (χ0n) is 10.7. The van der Waals surface area contributed by atoms with E-state index in [0.29, 0.717) is 19.5 Å². The van der Waals surface area contributed by atoms with Crippen LogP contribution in [0.1, 0.15) is 19.3 Å². The molecule has 0 bridgehead atoms. The van der Waals surface area contributed by atoms with Gasteiger partial charge in [0.05, 0.1) is 4.90 Å². The summed E-state index contributed by atoms with van der Waals surface area (Å²) in [6, 6.07) is 5.59. The van der Waals surface area contributed by atoms with E-state index < -0.39 is 10.0 Å². The number of aromatic hydroxyl groups is 1. The molecule has 19 heavy (non-hydrogen) atoms. The lowest BCUT2D eigenvalue weighted by Crippen LogP contribution is -2.40. The summed E-state index contributed by atoms with van der Waals surface area (Å²) < 4.78 is 26.3. The Morgan fingerprint density at radius 2 is 1.95 bits per heavy atom. The average molecular weight is 285 g/mol. The van der Waals surface area contributed by atoms with Gasteiger partial charge in [0.2, 0.25) is 10.0 Å². The minimum absolute atomic E-state index is 0.0516. The highest BCUT2D eigenvalue weighted by Gasteiger charge is 2.29. The Balaban J connectivity index is 2.17. The third-order valence-corrected chi connectivity index (χ3v) is 5.37. The lowest BCUT2D eigenvalue weighted by atomic mass is 9.97. The molecule has 1 unspecified atom stereocenters. The van der Waals surface area contributed by atoms with E-state index in [1.54, 1.807) is 0 Å². The number of nitrogens with zero attached hydrogens (tertiary/aromatic N) is 1. The molecule has 5 nitrogen and oxygen atoms in total. The molecule has 1 atom stereocenters. The minimum Gasteiger partial charge on any atom is -0.508 e. The number of benzene rings is 1. The number of piperidine rings is 1. The van der Waals surface area contributed by atoms with E-state index in [-0.39, 0.29) is 23.2 Å². The molecule has 0 saturated carbocycles. The van der Waals surface area contributed by atoms with E-state index in [0.717, 1.165) is 12.8 Å². The molecular weight excluding hydrogens is 266 g/mol. The standard InChI is InChI=1S/C13H19NO4S/c15-9-7-11-2-1-8-14(10-11)19(17,18)13-5-3-12(16)4-6-13/h3-6,11,15-16H,1-2,7-10H2. The molecule has 0 spiro atoms. The average Bonchev–Trinajstić information content (AvgIpc) is 2.40. The molecule has 1 aromatic rings. The van der Waals surface area contributed by atoms with Crippen molar-refractivity contribution in [3.63, 3.8) is 0 Å². The van der Waals surface area contributed by atoms with Crippen molar-refractivity contribution in [1.29, 1.82) is 0 Å². The quantitative estimate of drug-likeness (QED) is 0.870. The Bertz CT molecular complexity index is 510. The van der Waals surface area contributed by atoms with Crippen molar-refractivity contribution in [3.05, 3.63) is 24.3 Å². The van der Waals surface area contributed by atoms with Crippen LogP contribution in [0.5, 0.6) is 5.75 Å². The molecule has 1 aliphatic heterocycles. The topological polar surface area (TPSA) is 77.8 Å². The van der Waals surface area contributed by atoms with Gasteiger partial charge in [-0.2, -0.15) is 4.31 Å². The van der Waals surface area contributed by atoms with Gasteiger partial charge in [0.1, 0.15) is 5.75 Å². The van der Waals surface area contributed by atoms with Crippen molar-refractivity contribution in [2.45, 2.75) is 24.2 Å². The summed E-state index contributed by atoms with van der Waals surface area (Å²) in [6.07, 6.45) is 2.42. The predicted molar refractivity (Wildman–Crippen MR) is 71.3 cm³/mol. The third-order valence-electron chi connectivity index (χ3n) is 3.49. The summed E-state index contributed by atoms with van der Waals surface area (Å²) >= 11 is 0. The van der Waals surface area contributed by atoms with Gasteiger partial charge < -0.3 is 10.2 Å². The predicted octanol–water partition coefficient (Wildman–Crippen LogP) is 1.18. The number of sulfonamides is 1. The van der Waals surface area contributed by atoms with Crippen LogP contribution in [-0.2, 0) is 10.0 Å². The second-order valence-corrected chi connectivity index (χ2v) is 6.82. The molecule has 1 saturated heterocycles. The maximum Gasteiger partial charge on any atom is 0.243 e. The van der Waals surface area contributed by atoms with E-state index in [9.17, 15) is 13.5 Å². The first-order valence-electron chi connectivity index (χ1n) is 6.44. The smallest absolute Gasteiger partial charge is 0.243 e. The van der Waals surface area contributed by atoms with E-state index >= 15 is 0 Å². The van der Waals surface area contributed by atoms with Crippen LogP contribution in [0.3, 0.4) is 0 Å². The Kier molecular flexibility index (Phi) is 4.44. The van der Waals surface area contributed by atoms with Crippen molar-refractivity contribution in [1.82, 2.24) is 4.31 Å². The fourth-order valence-electron chi connectivity index (χ4n) is 2.43. The fraction of sp³-hybridized carbons (Fsp3) is 0.538. The maximum absolute atomic E-state index is 12.4. The number of hydrogen-bond acceptors (Lipinski definition) is 4. The first kappa shape index (κ1) is 14.3.